The lowest BCUT2D eigenvalue weighted by atomic mass is 9.79. The molecule has 1 aromatic rings. The Kier molecular flexibility index (Phi) is 6.55. The van der Waals surface area contributed by atoms with Crippen LogP contribution in [0.4, 0.5) is 0 Å². The molecule has 2 N–H and O–H groups in total. The zero-order valence-corrected chi connectivity index (χ0v) is 16.1. The summed E-state index contributed by atoms with van der Waals surface area (Å²) in [6, 6.07) is 6.24. The summed E-state index contributed by atoms with van der Waals surface area (Å²) >= 11 is 6.34. The minimum absolute atomic E-state index is 0.618. The number of hydrogen-bond acceptors (Lipinski definition) is 2. The highest BCUT2D eigenvalue weighted by Crippen LogP contribution is 2.52. The lowest BCUT2D eigenvalue weighted by Gasteiger charge is -2.29. The van der Waals surface area contributed by atoms with Crippen molar-refractivity contribution < 1.29 is 9.90 Å². The SMILES string of the molecule is Cc1ccc(CNC[C@H]2[C@H]3CC[C@H](C3)[C@@H]2/C=C\C/C=C/C(=O)O)c(Cl)c1. The lowest BCUT2D eigenvalue weighted by molar-refractivity contribution is -0.131. The van der Waals surface area contributed by atoms with Crippen molar-refractivity contribution in [2.45, 2.75) is 39.2 Å². The third-order valence-electron chi connectivity index (χ3n) is 5.95. The summed E-state index contributed by atoms with van der Waals surface area (Å²) in [5.41, 5.74) is 2.35. The summed E-state index contributed by atoms with van der Waals surface area (Å²) < 4.78 is 0. The third-order valence-corrected chi connectivity index (χ3v) is 6.30. The predicted molar refractivity (Wildman–Crippen MR) is 106 cm³/mol. The molecule has 3 nitrogen and oxygen atoms in total. The van der Waals surface area contributed by atoms with Crippen molar-refractivity contribution in [3.63, 3.8) is 0 Å². The smallest absolute Gasteiger partial charge is 0.327 e. The van der Waals surface area contributed by atoms with Gasteiger partial charge in [0.15, 0.2) is 0 Å². The maximum Gasteiger partial charge on any atom is 0.327 e. The lowest BCUT2D eigenvalue weighted by Crippen LogP contribution is -2.31. The first kappa shape index (κ1) is 19.2. The number of rotatable bonds is 8. The molecule has 0 amide bonds. The number of carbonyl (C=O) groups is 1. The van der Waals surface area contributed by atoms with Crippen molar-refractivity contribution in [3.05, 3.63) is 58.7 Å². The second-order valence-electron chi connectivity index (χ2n) is 7.70. The van der Waals surface area contributed by atoms with E-state index in [2.05, 4.69) is 36.5 Å². The number of nitrogens with one attached hydrogen (secondary N) is 1. The molecule has 0 heterocycles. The molecule has 2 aliphatic rings. The highest BCUT2D eigenvalue weighted by Gasteiger charge is 2.45. The van der Waals surface area contributed by atoms with E-state index in [1.54, 1.807) is 6.08 Å². The Bertz CT molecular complexity index is 697. The van der Waals surface area contributed by atoms with Crippen LogP contribution in [0.25, 0.3) is 0 Å². The van der Waals surface area contributed by atoms with Crippen LogP contribution in [-0.4, -0.2) is 17.6 Å². The average Bonchev–Trinajstić information content (AvgIpc) is 3.18. The molecule has 0 aliphatic heterocycles. The largest absolute Gasteiger partial charge is 0.478 e. The number of hydrogen-bond donors (Lipinski definition) is 2. The van der Waals surface area contributed by atoms with Gasteiger partial charge in [-0.25, -0.2) is 4.79 Å². The Morgan fingerprint density at radius 3 is 2.88 bits per heavy atom. The fourth-order valence-electron chi connectivity index (χ4n) is 4.71. The number of allylic oxidation sites excluding steroid dienone is 3. The van der Waals surface area contributed by atoms with E-state index < -0.39 is 5.97 Å². The quantitative estimate of drug-likeness (QED) is 0.498. The molecule has 4 atom stereocenters. The van der Waals surface area contributed by atoms with Crippen LogP contribution < -0.4 is 5.32 Å². The first-order chi connectivity index (χ1) is 12.5. The van der Waals surface area contributed by atoms with Gasteiger partial charge in [-0.15, -0.1) is 0 Å². The van der Waals surface area contributed by atoms with Gasteiger partial charge in [-0.05, 0) is 80.0 Å². The van der Waals surface area contributed by atoms with Crippen LogP contribution in [-0.2, 0) is 11.3 Å². The maximum absolute atomic E-state index is 10.5. The van der Waals surface area contributed by atoms with Crippen LogP contribution in [0.1, 0.15) is 36.8 Å². The van der Waals surface area contributed by atoms with E-state index in [1.165, 1.54) is 30.9 Å². The number of aryl methyl sites for hydroxylation is 1. The zero-order valence-electron chi connectivity index (χ0n) is 15.3. The molecule has 0 radical (unpaired) electrons. The van der Waals surface area contributed by atoms with Gasteiger partial charge in [0, 0.05) is 17.6 Å². The molecular formula is C22H28ClNO2. The molecule has 1 aromatic carbocycles. The minimum atomic E-state index is -0.879. The van der Waals surface area contributed by atoms with Gasteiger partial charge in [-0.1, -0.05) is 42.0 Å². The van der Waals surface area contributed by atoms with Gasteiger partial charge in [0.1, 0.15) is 0 Å². The molecule has 3 rings (SSSR count). The molecule has 2 fully saturated rings. The van der Waals surface area contributed by atoms with Crippen LogP contribution >= 0.6 is 11.6 Å². The van der Waals surface area contributed by atoms with Crippen molar-refractivity contribution in [1.82, 2.24) is 5.32 Å². The number of carboxylic acids is 1. The number of carboxylic acid groups (broad SMARTS) is 1. The average molecular weight is 374 g/mol. The van der Waals surface area contributed by atoms with E-state index in [9.17, 15) is 4.79 Å². The molecule has 0 unspecified atom stereocenters. The minimum Gasteiger partial charge on any atom is -0.478 e. The highest BCUT2D eigenvalue weighted by molar-refractivity contribution is 6.31. The first-order valence-electron chi connectivity index (χ1n) is 9.56. The summed E-state index contributed by atoms with van der Waals surface area (Å²) in [5.74, 6) is 2.04. The Morgan fingerprint density at radius 2 is 2.12 bits per heavy atom. The zero-order chi connectivity index (χ0) is 18.5. The van der Waals surface area contributed by atoms with Crippen molar-refractivity contribution in [3.8, 4) is 0 Å². The van der Waals surface area contributed by atoms with Gasteiger partial charge in [-0.3, -0.25) is 0 Å². The number of aliphatic carboxylic acids is 1. The van der Waals surface area contributed by atoms with Gasteiger partial charge in [0.05, 0.1) is 0 Å². The molecule has 0 spiro atoms. The number of benzene rings is 1. The van der Waals surface area contributed by atoms with Crippen molar-refractivity contribution >= 4 is 17.6 Å². The van der Waals surface area contributed by atoms with Crippen molar-refractivity contribution in [1.29, 1.82) is 0 Å². The molecule has 140 valence electrons. The number of halogens is 1. The molecular weight excluding hydrogens is 346 g/mol. The summed E-state index contributed by atoms with van der Waals surface area (Å²) in [7, 11) is 0. The Labute approximate surface area is 161 Å². The number of fused-ring (bicyclic) bond motifs is 2. The van der Waals surface area contributed by atoms with Crippen molar-refractivity contribution in [2.24, 2.45) is 23.7 Å². The standard InChI is InChI=1S/C22H28ClNO2/c1-15-7-8-18(21(23)11-15)13-24-14-20-17-10-9-16(12-17)19(20)5-3-2-4-6-22(25)26/h3-8,11,16-17,19-20,24H,2,9-10,12-14H2,1H3,(H,25,26)/b5-3-,6-4+/t16-,17+,19+,20+/m1/s1. The maximum atomic E-state index is 10.5. The monoisotopic (exact) mass is 373 g/mol. The van der Waals surface area contributed by atoms with Crippen LogP contribution in [0.3, 0.4) is 0 Å². The summed E-state index contributed by atoms with van der Waals surface area (Å²) in [5, 5.41) is 13.1. The summed E-state index contributed by atoms with van der Waals surface area (Å²) in [6.07, 6.45) is 12.1. The predicted octanol–water partition coefficient (Wildman–Crippen LogP) is 4.99. The summed E-state index contributed by atoms with van der Waals surface area (Å²) in [4.78, 5) is 10.5. The Balaban J connectivity index is 1.53. The molecule has 2 bridgehead atoms. The van der Waals surface area contributed by atoms with E-state index in [0.29, 0.717) is 18.3 Å². The molecule has 0 saturated heterocycles. The van der Waals surface area contributed by atoms with E-state index in [1.807, 2.05) is 6.07 Å². The van der Waals surface area contributed by atoms with Crippen LogP contribution in [0, 0.1) is 30.6 Å². The van der Waals surface area contributed by atoms with Crippen LogP contribution in [0.5, 0.6) is 0 Å². The molecule has 2 saturated carbocycles. The fourth-order valence-corrected chi connectivity index (χ4v) is 5.01. The van der Waals surface area contributed by atoms with E-state index >= 15 is 0 Å². The van der Waals surface area contributed by atoms with E-state index in [-0.39, 0.29) is 0 Å². The van der Waals surface area contributed by atoms with Crippen LogP contribution in [0.15, 0.2) is 42.5 Å². The van der Waals surface area contributed by atoms with Gasteiger partial charge in [0.2, 0.25) is 0 Å². The van der Waals surface area contributed by atoms with E-state index in [0.717, 1.165) is 35.5 Å². The molecule has 0 aromatic heterocycles. The van der Waals surface area contributed by atoms with Gasteiger partial charge < -0.3 is 10.4 Å². The second-order valence-corrected chi connectivity index (χ2v) is 8.11. The van der Waals surface area contributed by atoms with Gasteiger partial charge in [-0.2, -0.15) is 0 Å². The molecule has 26 heavy (non-hydrogen) atoms. The fraction of sp³-hybridized carbons (Fsp3) is 0.500. The van der Waals surface area contributed by atoms with Gasteiger partial charge in [0.25, 0.3) is 0 Å². The molecule has 4 heteroatoms. The Morgan fingerprint density at radius 1 is 1.31 bits per heavy atom. The Hall–Kier alpha value is -1.58. The topological polar surface area (TPSA) is 49.3 Å². The molecule has 2 aliphatic carbocycles. The van der Waals surface area contributed by atoms with Gasteiger partial charge >= 0.3 is 5.97 Å². The van der Waals surface area contributed by atoms with E-state index in [4.69, 9.17) is 16.7 Å². The van der Waals surface area contributed by atoms with Crippen molar-refractivity contribution in [2.75, 3.05) is 6.54 Å². The third kappa shape index (κ3) is 4.77. The first-order valence-corrected chi connectivity index (χ1v) is 9.94. The van der Waals surface area contributed by atoms with Crippen LogP contribution in [0.2, 0.25) is 5.02 Å². The second kappa shape index (κ2) is 8.88. The summed E-state index contributed by atoms with van der Waals surface area (Å²) in [6.45, 7) is 3.89. The normalized spacial score (nSPS) is 27.8. The highest BCUT2D eigenvalue weighted by atomic mass is 35.5.